The number of hydrogen-bond donors (Lipinski definition) is 1. The zero-order valence-electron chi connectivity index (χ0n) is 8.20. The molecule has 1 N–H and O–H groups in total. The summed E-state index contributed by atoms with van der Waals surface area (Å²) in [7, 11) is 0. The van der Waals surface area contributed by atoms with E-state index in [9.17, 15) is 0 Å². The number of aromatic nitrogens is 3. The fourth-order valence-corrected chi connectivity index (χ4v) is 0.924. The van der Waals surface area contributed by atoms with E-state index in [2.05, 4.69) is 35.6 Å². The third-order valence-corrected chi connectivity index (χ3v) is 1.64. The van der Waals surface area contributed by atoms with Crippen molar-refractivity contribution in [3.05, 3.63) is 24.0 Å². The molecule has 13 heavy (non-hydrogen) atoms. The van der Waals surface area contributed by atoms with Gasteiger partial charge in [0.2, 0.25) is 0 Å². The summed E-state index contributed by atoms with van der Waals surface area (Å²) in [6.07, 6.45) is 5.72. The highest BCUT2D eigenvalue weighted by Crippen LogP contribution is 1.85. The van der Waals surface area contributed by atoms with Gasteiger partial charge in [0, 0.05) is 19.3 Å². The zero-order chi connectivity index (χ0) is 9.52. The molecule has 4 nitrogen and oxygen atoms in total. The molecule has 0 saturated carbocycles. The molecule has 0 unspecified atom stereocenters. The molecule has 0 saturated heterocycles. The largest absolute Gasteiger partial charge is 0.311 e. The molecule has 0 amide bonds. The van der Waals surface area contributed by atoms with Gasteiger partial charge in [-0.3, -0.25) is 4.68 Å². The maximum absolute atomic E-state index is 3.86. The summed E-state index contributed by atoms with van der Waals surface area (Å²) in [6, 6.07) is 0. The van der Waals surface area contributed by atoms with Crippen LogP contribution >= 0.6 is 0 Å². The van der Waals surface area contributed by atoms with Gasteiger partial charge in [-0.05, 0) is 13.8 Å². The van der Waals surface area contributed by atoms with Crippen LogP contribution in [0.2, 0.25) is 0 Å². The van der Waals surface area contributed by atoms with Crippen molar-refractivity contribution in [3.8, 4) is 0 Å². The number of allylic oxidation sites excluding steroid dienone is 1. The van der Waals surface area contributed by atoms with Crippen LogP contribution in [0.5, 0.6) is 0 Å². The highest BCUT2D eigenvalue weighted by atomic mass is 15.4. The van der Waals surface area contributed by atoms with Crippen molar-refractivity contribution in [2.45, 2.75) is 20.4 Å². The van der Waals surface area contributed by atoms with Crippen LogP contribution in [0.1, 0.15) is 13.8 Å². The van der Waals surface area contributed by atoms with Gasteiger partial charge in [0.15, 0.2) is 0 Å². The molecule has 0 atom stereocenters. The Labute approximate surface area is 78.6 Å². The smallest absolute Gasteiger partial charge is 0.0692 e. The molecule has 0 aliphatic carbocycles. The molecule has 0 aliphatic heterocycles. The predicted octanol–water partition coefficient (Wildman–Crippen LogP) is 0.834. The minimum absolute atomic E-state index is 0.872. The molecule has 0 radical (unpaired) electrons. The number of hydrogen-bond acceptors (Lipinski definition) is 3. The average Bonchev–Trinajstić information content (AvgIpc) is 2.55. The SMILES string of the molecule is CC(C)=CCNCCn1ccnn1. The molecule has 0 fully saturated rings. The molecule has 1 aromatic heterocycles. The standard InChI is InChI=1S/C9H16N4/c1-9(2)3-4-10-5-7-13-8-6-11-12-13/h3,6,8,10H,4-5,7H2,1-2H3. The Kier molecular flexibility index (Phi) is 4.18. The van der Waals surface area contributed by atoms with Gasteiger partial charge in [-0.1, -0.05) is 16.9 Å². The first-order valence-electron chi connectivity index (χ1n) is 4.47. The Morgan fingerprint density at radius 1 is 1.54 bits per heavy atom. The number of nitrogens with one attached hydrogen (secondary N) is 1. The molecule has 1 heterocycles. The van der Waals surface area contributed by atoms with Crippen LogP contribution in [0.4, 0.5) is 0 Å². The van der Waals surface area contributed by atoms with Crippen LogP contribution in [-0.2, 0) is 6.54 Å². The Morgan fingerprint density at radius 2 is 2.38 bits per heavy atom. The highest BCUT2D eigenvalue weighted by Gasteiger charge is 1.89. The summed E-state index contributed by atoms with van der Waals surface area (Å²) in [5, 5.41) is 10.9. The van der Waals surface area contributed by atoms with E-state index in [0.717, 1.165) is 19.6 Å². The molecule has 0 spiro atoms. The summed E-state index contributed by atoms with van der Waals surface area (Å²) in [6.45, 7) is 6.92. The molecule has 0 bridgehead atoms. The van der Waals surface area contributed by atoms with Gasteiger partial charge in [-0.15, -0.1) is 5.10 Å². The Bertz CT molecular complexity index is 247. The topological polar surface area (TPSA) is 42.7 Å². The molecule has 4 heteroatoms. The Hall–Kier alpha value is -1.16. The second-order valence-corrected chi connectivity index (χ2v) is 3.15. The summed E-state index contributed by atoms with van der Waals surface area (Å²) in [5.74, 6) is 0. The lowest BCUT2D eigenvalue weighted by molar-refractivity contribution is 0.555. The van der Waals surface area contributed by atoms with Crippen molar-refractivity contribution >= 4 is 0 Å². The van der Waals surface area contributed by atoms with Crippen LogP contribution < -0.4 is 5.32 Å². The van der Waals surface area contributed by atoms with Gasteiger partial charge in [0.1, 0.15) is 0 Å². The van der Waals surface area contributed by atoms with E-state index in [1.165, 1.54) is 5.57 Å². The van der Waals surface area contributed by atoms with Gasteiger partial charge in [-0.25, -0.2) is 0 Å². The molecule has 1 rings (SSSR count). The van der Waals surface area contributed by atoms with Crippen molar-refractivity contribution in [2.75, 3.05) is 13.1 Å². The third kappa shape index (κ3) is 4.42. The van der Waals surface area contributed by atoms with Crippen molar-refractivity contribution in [3.63, 3.8) is 0 Å². The number of nitrogens with zero attached hydrogens (tertiary/aromatic N) is 3. The van der Waals surface area contributed by atoms with Crippen molar-refractivity contribution in [1.29, 1.82) is 0 Å². The minimum atomic E-state index is 0.872. The molecule has 72 valence electrons. The first-order chi connectivity index (χ1) is 6.29. The molecule has 0 aliphatic rings. The maximum atomic E-state index is 3.86. The fourth-order valence-electron chi connectivity index (χ4n) is 0.924. The predicted molar refractivity (Wildman–Crippen MR) is 52.3 cm³/mol. The van der Waals surface area contributed by atoms with E-state index >= 15 is 0 Å². The monoisotopic (exact) mass is 180 g/mol. The Balaban J connectivity index is 2.05. The average molecular weight is 180 g/mol. The van der Waals surface area contributed by atoms with Crippen LogP contribution in [0.25, 0.3) is 0 Å². The first-order valence-corrected chi connectivity index (χ1v) is 4.47. The van der Waals surface area contributed by atoms with Crippen LogP contribution in [0.15, 0.2) is 24.0 Å². The Morgan fingerprint density at radius 3 is 3.00 bits per heavy atom. The lowest BCUT2D eigenvalue weighted by Gasteiger charge is -2.01. The first kappa shape index (κ1) is 9.92. The fraction of sp³-hybridized carbons (Fsp3) is 0.556. The summed E-state index contributed by atoms with van der Waals surface area (Å²) in [5.41, 5.74) is 1.34. The molecule has 1 aromatic rings. The minimum Gasteiger partial charge on any atom is -0.311 e. The van der Waals surface area contributed by atoms with E-state index < -0.39 is 0 Å². The van der Waals surface area contributed by atoms with Crippen LogP contribution in [0.3, 0.4) is 0 Å². The second-order valence-electron chi connectivity index (χ2n) is 3.15. The quantitative estimate of drug-likeness (QED) is 0.539. The van der Waals surface area contributed by atoms with Crippen molar-refractivity contribution < 1.29 is 0 Å². The van der Waals surface area contributed by atoms with Crippen LogP contribution in [-0.4, -0.2) is 28.1 Å². The van der Waals surface area contributed by atoms with E-state index in [0.29, 0.717) is 0 Å². The van der Waals surface area contributed by atoms with Gasteiger partial charge in [-0.2, -0.15) is 0 Å². The lowest BCUT2D eigenvalue weighted by Crippen LogP contribution is -2.20. The van der Waals surface area contributed by atoms with Gasteiger partial charge < -0.3 is 5.32 Å². The second kappa shape index (κ2) is 5.48. The van der Waals surface area contributed by atoms with Crippen LogP contribution in [0, 0.1) is 0 Å². The highest BCUT2D eigenvalue weighted by molar-refractivity contribution is 4.94. The summed E-state index contributed by atoms with van der Waals surface area (Å²) >= 11 is 0. The third-order valence-electron chi connectivity index (χ3n) is 1.64. The summed E-state index contributed by atoms with van der Waals surface area (Å²) < 4.78 is 1.81. The molecular formula is C9H16N4. The summed E-state index contributed by atoms with van der Waals surface area (Å²) in [4.78, 5) is 0. The van der Waals surface area contributed by atoms with E-state index in [1.54, 1.807) is 6.20 Å². The van der Waals surface area contributed by atoms with E-state index in [-0.39, 0.29) is 0 Å². The zero-order valence-corrected chi connectivity index (χ0v) is 8.20. The van der Waals surface area contributed by atoms with E-state index in [4.69, 9.17) is 0 Å². The normalized spacial score (nSPS) is 10.0. The van der Waals surface area contributed by atoms with Crippen molar-refractivity contribution in [1.82, 2.24) is 20.3 Å². The molecule has 0 aromatic carbocycles. The van der Waals surface area contributed by atoms with Gasteiger partial charge in [0.05, 0.1) is 12.7 Å². The van der Waals surface area contributed by atoms with Gasteiger partial charge >= 0.3 is 0 Å². The lowest BCUT2D eigenvalue weighted by atomic mass is 10.3. The van der Waals surface area contributed by atoms with Crippen molar-refractivity contribution in [2.24, 2.45) is 0 Å². The molecular weight excluding hydrogens is 164 g/mol. The van der Waals surface area contributed by atoms with Gasteiger partial charge in [0.25, 0.3) is 0 Å². The van der Waals surface area contributed by atoms with E-state index in [1.807, 2.05) is 10.9 Å². The number of rotatable bonds is 5. The maximum Gasteiger partial charge on any atom is 0.0692 e.